The lowest BCUT2D eigenvalue weighted by Gasteiger charge is -2.38. The summed E-state index contributed by atoms with van der Waals surface area (Å²) in [5.74, 6) is -0.347. The van der Waals surface area contributed by atoms with Gasteiger partial charge in [0.15, 0.2) is 0 Å². The highest BCUT2D eigenvalue weighted by Crippen LogP contribution is 2.69. The molecule has 0 aromatic carbocycles. The van der Waals surface area contributed by atoms with Gasteiger partial charge in [0.2, 0.25) is 5.65 Å². The third-order valence-electron chi connectivity index (χ3n) is 5.46. The van der Waals surface area contributed by atoms with E-state index in [0.717, 1.165) is 0 Å². The molecule has 0 saturated carbocycles. The molecule has 0 bridgehead atoms. The Morgan fingerprint density at radius 3 is 1.90 bits per heavy atom. The van der Waals surface area contributed by atoms with Crippen LogP contribution in [0.4, 0.5) is 0 Å². The second-order valence-electron chi connectivity index (χ2n) is 7.26. The number of amides is 3. The molecule has 3 aliphatic rings. The van der Waals surface area contributed by atoms with Gasteiger partial charge in [0, 0.05) is 25.5 Å². The maximum Gasteiger partial charge on any atom is 0.530 e. The number of carbonyl (C=O) groups is 3. The largest absolute Gasteiger partial charge is 0.530 e. The quantitative estimate of drug-likeness (QED) is 0.660. The Hall–Kier alpha value is -2.81. The predicted octanol–water partition coefficient (Wildman–Crippen LogP) is 0.800. The van der Waals surface area contributed by atoms with Crippen molar-refractivity contribution >= 4 is 36.8 Å². The van der Waals surface area contributed by atoms with E-state index in [4.69, 9.17) is 4.62 Å². The molecule has 3 aliphatic heterocycles. The summed E-state index contributed by atoms with van der Waals surface area (Å²) in [4.78, 5) is 44.1. The van der Waals surface area contributed by atoms with E-state index in [0.29, 0.717) is 69.3 Å². The maximum atomic E-state index is 12.9. The van der Waals surface area contributed by atoms with Crippen LogP contribution >= 0.6 is 7.94 Å². The Kier molecular flexibility index (Phi) is 4.34. The number of aromatic nitrogens is 4. The molecule has 2 aromatic rings. The van der Waals surface area contributed by atoms with E-state index in [1.807, 2.05) is 0 Å². The average Bonchev–Trinajstić information content (AvgIpc) is 3.50. The first-order valence-corrected chi connectivity index (χ1v) is 11.4. The van der Waals surface area contributed by atoms with Crippen molar-refractivity contribution in [2.45, 2.75) is 38.5 Å². The summed E-state index contributed by atoms with van der Waals surface area (Å²) >= 11 is 0. The average molecular weight is 418 g/mol. The minimum Gasteiger partial charge on any atom is -0.271 e. The standard InChI is InChI=1S/C17H21N7O4P/c25-14-6-2-10-21(14)29(22-11-3-7-15(22)26,23-12-4-8-16(23)27)28-24-17-13(19-20-24)5-1-9-18-17/h1,5,9H,2-4,6-8,10-12H2/q+1. The molecule has 0 N–H and O–H groups in total. The van der Waals surface area contributed by atoms with Gasteiger partial charge in [-0.15, -0.1) is 19.1 Å². The summed E-state index contributed by atoms with van der Waals surface area (Å²) in [6.45, 7) is 1.29. The van der Waals surface area contributed by atoms with E-state index in [1.165, 1.54) is 4.85 Å². The van der Waals surface area contributed by atoms with Crippen molar-refractivity contribution in [3.8, 4) is 0 Å². The number of hydrogen-bond acceptors (Lipinski definition) is 7. The van der Waals surface area contributed by atoms with Crippen LogP contribution in [0, 0.1) is 0 Å². The van der Waals surface area contributed by atoms with Crippen molar-refractivity contribution in [1.29, 1.82) is 0 Å². The van der Waals surface area contributed by atoms with Crippen molar-refractivity contribution in [1.82, 2.24) is 34.2 Å². The predicted molar refractivity (Wildman–Crippen MR) is 102 cm³/mol. The van der Waals surface area contributed by atoms with Gasteiger partial charge in [-0.05, 0) is 41.5 Å². The topological polar surface area (TPSA) is 114 Å². The number of hydrogen-bond donors (Lipinski definition) is 0. The molecular formula is C17H21N7O4P+. The van der Waals surface area contributed by atoms with Crippen LogP contribution in [-0.4, -0.2) is 71.5 Å². The van der Waals surface area contributed by atoms with Crippen molar-refractivity contribution in [3.05, 3.63) is 18.3 Å². The van der Waals surface area contributed by atoms with Crippen molar-refractivity contribution in [3.63, 3.8) is 0 Å². The minimum absolute atomic E-state index is 0.116. The molecule has 12 heteroatoms. The van der Waals surface area contributed by atoms with E-state index >= 15 is 0 Å². The Balaban J connectivity index is 1.69. The number of fused-ring (bicyclic) bond motifs is 1. The SMILES string of the molecule is O=C1CCCN1[P+](On1nnc2cccnc21)(N1CCCC1=O)N1CCCC1=O. The normalized spacial score (nSPS) is 20.6. The summed E-state index contributed by atoms with van der Waals surface area (Å²) in [6, 6.07) is 3.49. The molecule has 0 radical (unpaired) electrons. The van der Waals surface area contributed by atoms with Crippen molar-refractivity contribution in [2.24, 2.45) is 0 Å². The minimum atomic E-state index is -3.33. The first kappa shape index (κ1) is 18.2. The van der Waals surface area contributed by atoms with Crippen LogP contribution < -0.4 is 4.62 Å². The van der Waals surface area contributed by atoms with Crippen LogP contribution in [0.5, 0.6) is 0 Å². The number of pyridine rings is 1. The number of nitrogens with zero attached hydrogens (tertiary/aromatic N) is 7. The third-order valence-corrected chi connectivity index (χ3v) is 8.99. The van der Waals surface area contributed by atoms with Gasteiger partial charge in [-0.3, -0.25) is 14.4 Å². The molecule has 29 heavy (non-hydrogen) atoms. The fourth-order valence-electron chi connectivity index (χ4n) is 4.16. The van der Waals surface area contributed by atoms with Gasteiger partial charge in [0.05, 0.1) is 19.6 Å². The van der Waals surface area contributed by atoms with Crippen LogP contribution in [0.15, 0.2) is 18.3 Å². The summed E-state index contributed by atoms with van der Waals surface area (Å²) in [5, 5.41) is 8.14. The molecule has 3 fully saturated rings. The lowest BCUT2D eigenvalue weighted by atomic mass is 10.4. The molecule has 0 aliphatic carbocycles. The molecule has 3 saturated heterocycles. The summed E-state index contributed by atoms with van der Waals surface area (Å²) in [5.41, 5.74) is 0.903. The zero-order valence-electron chi connectivity index (χ0n) is 15.8. The molecule has 5 rings (SSSR count). The van der Waals surface area contributed by atoms with Gasteiger partial charge in [-0.25, -0.2) is 4.98 Å². The number of carbonyl (C=O) groups excluding carboxylic acids is 3. The van der Waals surface area contributed by atoms with Gasteiger partial charge < -0.3 is 0 Å². The molecule has 3 amide bonds. The second-order valence-corrected chi connectivity index (χ2v) is 9.90. The Labute approximate surface area is 167 Å². The van der Waals surface area contributed by atoms with Crippen LogP contribution in [-0.2, 0) is 14.4 Å². The van der Waals surface area contributed by atoms with E-state index in [1.54, 1.807) is 32.3 Å². The highest BCUT2D eigenvalue weighted by Gasteiger charge is 2.70. The molecule has 2 aromatic heterocycles. The molecule has 0 atom stereocenters. The smallest absolute Gasteiger partial charge is 0.271 e. The maximum absolute atomic E-state index is 12.9. The third kappa shape index (κ3) is 2.75. The van der Waals surface area contributed by atoms with E-state index in [-0.39, 0.29) is 17.7 Å². The fourth-order valence-corrected chi connectivity index (χ4v) is 7.90. The Morgan fingerprint density at radius 1 is 0.862 bits per heavy atom. The number of rotatable bonds is 5. The highest BCUT2D eigenvalue weighted by atomic mass is 31.2. The van der Waals surface area contributed by atoms with Gasteiger partial charge in [0.25, 0.3) is 17.7 Å². The zero-order chi connectivity index (χ0) is 20.0. The lowest BCUT2D eigenvalue weighted by Crippen LogP contribution is -2.51. The van der Waals surface area contributed by atoms with E-state index in [2.05, 4.69) is 15.3 Å². The van der Waals surface area contributed by atoms with Crippen LogP contribution in [0.25, 0.3) is 11.2 Å². The lowest BCUT2D eigenvalue weighted by molar-refractivity contribution is -0.128. The molecule has 11 nitrogen and oxygen atoms in total. The molecular weight excluding hydrogens is 397 g/mol. The van der Waals surface area contributed by atoms with Crippen molar-refractivity contribution in [2.75, 3.05) is 19.6 Å². The van der Waals surface area contributed by atoms with Gasteiger partial charge in [-0.1, -0.05) is 0 Å². The molecule has 0 unspecified atom stereocenters. The fraction of sp³-hybridized carbons (Fsp3) is 0.529. The Morgan fingerprint density at radius 2 is 1.41 bits per heavy atom. The summed E-state index contributed by atoms with van der Waals surface area (Å²) < 4.78 is 11.2. The van der Waals surface area contributed by atoms with Crippen molar-refractivity contribution < 1.29 is 19.0 Å². The Bertz CT molecular complexity index is 931. The summed E-state index contributed by atoms with van der Waals surface area (Å²) in [7, 11) is -3.33. The molecule has 0 spiro atoms. The van der Waals surface area contributed by atoms with Gasteiger partial charge >= 0.3 is 7.94 Å². The summed E-state index contributed by atoms with van der Waals surface area (Å²) in [6.07, 6.45) is 4.66. The highest BCUT2D eigenvalue weighted by molar-refractivity contribution is 7.66. The van der Waals surface area contributed by atoms with Gasteiger partial charge in [0.1, 0.15) is 5.52 Å². The van der Waals surface area contributed by atoms with Crippen LogP contribution in [0.1, 0.15) is 38.5 Å². The monoisotopic (exact) mass is 418 g/mol. The van der Waals surface area contributed by atoms with E-state index < -0.39 is 7.94 Å². The van der Waals surface area contributed by atoms with Gasteiger partial charge in [-0.2, -0.15) is 4.62 Å². The first-order chi connectivity index (χ1) is 14.1. The first-order valence-electron chi connectivity index (χ1n) is 9.79. The molecule has 5 heterocycles. The molecule has 152 valence electrons. The van der Waals surface area contributed by atoms with Crippen LogP contribution in [0.2, 0.25) is 0 Å². The zero-order valence-corrected chi connectivity index (χ0v) is 16.7. The van der Waals surface area contributed by atoms with E-state index in [9.17, 15) is 14.4 Å². The van der Waals surface area contributed by atoms with Crippen LogP contribution in [0.3, 0.4) is 0 Å². The second kappa shape index (κ2) is 6.91.